The van der Waals surface area contributed by atoms with Crippen LogP contribution in [-0.4, -0.2) is 43.5 Å². The van der Waals surface area contributed by atoms with Crippen molar-refractivity contribution in [2.24, 2.45) is 0 Å². The van der Waals surface area contributed by atoms with Gasteiger partial charge in [-0.15, -0.1) is 0 Å². The number of hydrogen-bond acceptors (Lipinski definition) is 3. The Kier molecular flexibility index (Phi) is 5.20. The number of carbonyl (C=O) groups excluding carboxylic acids is 1. The first-order chi connectivity index (χ1) is 11.6. The van der Waals surface area contributed by atoms with E-state index < -0.39 is 0 Å². The summed E-state index contributed by atoms with van der Waals surface area (Å²) in [7, 11) is 0. The second-order valence-electron chi connectivity index (χ2n) is 5.68. The van der Waals surface area contributed by atoms with Crippen LogP contribution in [0.3, 0.4) is 0 Å². The van der Waals surface area contributed by atoms with E-state index in [0.29, 0.717) is 36.9 Å². The van der Waals surface area contributed by atoms with Gasteiger partial charge < -0.3 is 15.1 Å². The summed E-state index contributed by atoms with van der Waals surface area (Å²) in [5.74, 6) is -0.192. The summed E-state index contributed by atoms with van der Waals surface area (Å²) in [5, 5.41) is 3.72. The molecule has 0 atom stereocenters. The van der Waals surface area contributed by atoms with Gasteiger partial charge in [0, 0.05) is 36.9 Å². The highest BCUT2D eigenvalue weighted by Gasteiger charge is 2.22. The van der Waals surface area contributed by atoms with E-state index in [9.17, 15) is 9.18 Å². The number of para-hydroxylation sites is 1. The van der Waals surface area contributed by atoms with Crippen molar-refractivity contribution in [3.8, 4) is 0 Å². The highest BCUT2D eigenvalue weighted by molar-refractivity contribution is 6.30. The summed E-state index contributed by atoms with van der Waals surface area (Å²) >= 11 is 5.92. The zero-order chi connectivity index (χ0) is 16.9. The Balaban J connectivity index is 1.51. The van der Waals surface area contributed by atoms with Gasteiger partial charge in [0.2, 0.25) is 5.91 Å². The van der Waals surface area contributed by atoms with Gasteiger partial charge in [0.15, 0.2) is 0 Å². The van der Waals surface area contributed by atoms with Gasteiger partial charge in [-0.25, -0.2) is 4.39 Å². The second kappa shape index (κ2) is 7.53. The van der Waals surface area contributed by atoms with E-state index >= 15 is 0 Å². The molecule has 1 fully saturated rings. The summed E-state index contributed by atoms with van der Waals surface area (Å²) in [6, 6.07) is 14.0. The van der Waals surface area contributed by atoms with Crippen molar-refractivity contribution >= 4 is 28.9 Å². The summed E-state index contributed by atoms with van der Waals surface area (Å²) in [6.07, 6.45) is 0. The summed E-state index contributed by atoms with van der Waals surface area (Å²) < 4.78 is 13.8. The van der Waals surface area contributed by atoms with Gasteiger partial charge in [-0.2, -0.15) is 0 Å². The molecule has 1 aliphatic heterocycles. The molecule has 0 bridgehead atoms. The first-order valence-corrected chi connectivity index (χ1v) is 8.28. The Hall–Kier alpha value is -2.27. The molecule has 0 unspecified atom stereocenters. The molecule has 0 aliphatic carbocycles. The average Bonchev–Trinajstić information content (AvgIpc) is 2.60. The zero-order valence-corrected chi connectivity index (χ0v) is 14.0. The summed E-state index contributed by atoms with van der Waals surface area (Å²) in [6.45, 7) is 2.66. The molecule has 24 heavy (non-hydrogen) atoms. The number of carbonyl (C=O) groups is 1. The molecule has 1 amide bonds. The number of amides is 1. The molecule has 6 heteroatoms. The summed E-state index contributed by atoms with van der Waals surface area (Å²) in [5.41, 5.74) is 1.42. The molecule has 1 N–H and O–H groups in total. The maximum Gasteiger partial charge on any atom is 0.241 e. The first kappa shape index (κ1) is 16.6. The van der Waals surface area contributed by atoms with Crippen molar-refractivity contribution in [3.63, 3.8) is 0 Å². The van der Waals surface area contributed by atoms with Crippen LogP contribution < -0.4 is 10.2 Å². The third-order valence-electron chi connectivity index (χ3n) is 4.09. The van der Waals surface area contributed by atoms with Crippen LogP contribution in [0.2, 0.25) is 5.02 Å². The molecule has 0 aromatic heterocycles. The fourth-order valence-corrected chi connectivity index (χ4v) is 2.98. The normalized spacial score (nSPS) is 14.6. The minimum Gasteiger partial charge on any atom is -0.376 e. The number of nitrogens with one attached hydrogen (secondary N) is 1. The van der Waals surface area contributed by atoms with Crippen molar-refractivity contribution in [3.05, 3.63) is 59.4 Å². The fourth-order valence-electron chi connectivity index (χ4n) is 2.79. The van der Waals surface area contributed by atoms with Crippen LogP contribution in [0.5, 0.6) is 0 Å². The highest BCUT2D eigenvalue weighted by atomic mass is 35.5. The molecule has 3 rings (SSSR count). The van der Waals surface area contributed by atoms with E-state index in [0.717, 1.165) is 5.69 Å². The van der Waals surface area contributed by atoms with Crippen LogP contribution in [-0.2, 0) is 4.79 Å². The van der Waals surface area contributed by atoms with Crippen molar-refractivity contribution in [2.45, 2.75) is 0 Å². The number of piperazine rings is 1. The molecular formula is C18H19ClFN3O. The molecule has 2 aromatic carbocycles. The van der Waals surface area contributed by atoms with E-state index in [1.807, 2.05) is 23.1 Å². The number of anilines is 2. The Morgan fingerprint density at radius 1 is 1.08 bits per heavy atom. The van der Waals surface area contributed by atoms with Gasteiger partial charge >= 0.3 is 0 Å². The lowest BCUT2D eigenvalue weighted by Crippen LogP contribution is -2.50. The molecule has 1 saturated heterocycles. The fraction of sp³-hybridized carbons (Fsp3) is 0.278. The molecular weight excluding hydrogens is 329 g/mol. The SMILES string of the molecule is O=C(CNc1cccc(Cl)c1)N1CCN(c2ccccc2F)CC1. The Bertz CT molecular complexity index is 717. The molecule has 1 heterocycles. The van der Waals surface area contributed by atoms with Crippen LogP contribution in [0.25, 0.3) is 0 Å². The molecule has 1 aliphatic rings. The van der Waals surface area contributed by atoms with Crippen LogP contribution in [0.4, 0.5) is 15.8 Å². The predicted molar refractivity (Wildman–Crippen MR) is 95.1 cm³/mol. The lowest BCUT2D eigenvalue weighted by atomic mass is 10.2. The number of hydrogen-bond donors (Lipinski definition) is 1. The standard InChI is InChI=1S/C18H19ClFN3O/c19-14-4-3-5-15(12-14)21-13-18(24)23-10-8-22(9-11-23)17-7-2-1-6-16(17)20/h1-7,12,21H,8-11,13H2. The summed E-state index contributed by atoms with van der Waals surface area (Å²) in [4.78, 5) is 16.1. The van der Waals surface area contributed by atoms with Crippen molar-refractivity contribution in [1.82, 2.24) is 4.90 Å². The third kappa shape index (κ3) is 3.97. The van der Waals surface area contributed by atoms with Crippen LogP contribution in [0.15, 0.2) is 48.5 Å². The maximum absolute atomic E-state index is 13.8. The van der Waals surface area contributed by atoms with Gasteiger partial charge in [-0.3, -0.25) is 4.79 Å². The Morgan fingerprint density at radius 3 is 2.54 bits per heavy atom. The van der Waals surface area contributed by atoms with Crippen LogP contribution in [0, 0.1) is 5.82 Å². The smallest absolute Gasteiger partial charge is 0.241 e. The minimum atomic E-state index is -0.222. The van der Waals surface area contributed by atoms with E-state index in [1.165, 1.54) is 6.07 Å². The quantitative estimate of drug-likeness (QED) is 0.922. The van der Waals surface area contributed by atoms with Gasteiger partial charge in [-0.1, -0.05) is 29.8 Å². The molecule has 4 nitrogen and oxygen atoms in total. The second-order valence-corrected chi connectivity index (χ2v) is 6.12. The van der Waals surface area contributed by atoms with Gasteiger partial charge in [0.25, 0.3) is 0 Å². The molecule has 2 aromatic rings. The largest absolute Gasteiger partial charge is 0.376 e. The van der Waals surface area contributed by atoms with Crippen molar-refractivity contribution < 1.29 is 9.18 Å². The van der Waals surface area contributed by atoms with Crippen LogP contribution >= 0.6 is 11.6 Å². The monoisotopic (exact) mass is 347 g/mol. The lowest BCUT2D eigenvalue weighted by molar-refractivity contribution is -0.129. The Morgan fingerprint density at radius 2 is 1.83 bits per heavy atom. The van der Waals surface area contributed by atoms with E-state index in [4.69, 9.17) is 11.6 Å². The topological polar surface area (TPSA) is 35.6 Å². The first-order valence-electron chi connectivity index (χ1n) is 7.90. The highest BCUT2D eigenvalue weighted by Crippen LogP contribution is 2.20. The molecule has 126 valence electrons. The molecule has 0 radical (unpaired) electrons. The van der Waals surface area contributed by atoms with Crippen LogP contribution in [0.1, 0.15) is 0 Å². The van der Waals surface area contributed by atoms with Gasteiger partial charge in [0.1, 0.15) is 5.82 Å². The Labute approximate surface area is 145 Å². The molecule has 0 spiro atoms. The minimum absolute atomic E-state index is 0.0307. The number of rotatable bonds is 4. The van der Waals surface area contributed by atoms with E-state index in [-0.39, 0.29) is 18.3 Å². The lowest BCUT2D eigenvalue weighted by Gasteiger charge is -2.36. The predicted octanol–water partition coefficient (Wildman–Crippen LogP) is 3.24. The molecule has 0 saturated carbocycles. The van der Waals surface area contributed by atoms with Gasteiger partial charge in [-0.05, 0) is 30.3 Å². The zero-order valence-electron chi connectivity index (χ0n) is 13.2. The van der Waals surface area contributed by atoms with Crippen molar-refractivity contribution in [2.75, 3.05) is 42.9 Å². The van der Waals surface area contributed by atoms with E-state index in [1.54, 1.807) is 29.2 Å². The number of benzene rings is 2. The number of nitrogens with zero attached hydrogens (tertiary/aromatic N) is 2. The average molecular weight is 348 g/mol. The van der Waals surface area contributed by atoms with Gasteiger partial charge in [0.05, 0.1) is 12.2 Å². The third-order valence-corrected chi connectivity index (χ3v) is 4.33. The van der Waals surface area contributed by atoms with E-state index in [2.05, 4.69) is 5.32 Å². The number of halogens is 2. The van der Waals surface area contributed by atoms with Crippen molar-refractivity contribution in [1.29, 1.82) is 0 Å². The maximum atomic E-state index is 13.8.